The van der Waals surface area contributed by atoms with Gasteiger partial charge in [-0.15, -0.1) is 0 Å². The Hall–Kier alpha value is -0.820. The van der Waals surface area contributed by atoms with Crippen molar-refractivity contribution in [1.82, 2.24) is 5.32 Å². The maximum atomic E-state index is 3.54. The summed E-state index contributed by atoms with van der Waals surface area (Å²) in [4.78, 5) is 0. The number of rotatable bonds is 6. The maximum Gasteiger partial charge on any atom is 0.00109 e. The van der Waals surface area contributed by atoms with Gasteiger partial charge in [-0.2, -0.15) is 0 Å². The third-order valence-electron chi connectivity index (χ3n) is 4.07. The first kappa shape index (κ1) is 12.6. The summed E-state index contributed by atoms with van der Waals surface area (Å²) in [5, 5.41) is 3.54. The molecule has 17 heavy (non-hydrogen) atoms. The van der Waals surface area contributed by atoms with Gasteiger partial charge in [0.05, 0.1) is 0 Å². The minimum Gasteiger partial charge on any atom is -0.316 e. The Balaban J connectivity index is 2.04. The molecule has 0 radical (unpaired) electrons. The van der Waals surface area contributed by atoms with E-state index >= 15 is 0 Å². The van der Waals surface area contributed by atoms with E-state index in [0.29, 0.717) is 5.41 Å². The van der Waals surface area contributed by atoms with Crippen molar-refractivity contribution in [3.8, 4) is 0 Å². The van der Waals surface area contributed by atoms with E-state index in [-0.39, 0.29) is 0 Å². The number of hydrogen-bond acceptors (Lipinski definition) is 1. The van der Waals surface area contributed by atoms with Crippen molar-refractivity contribution >= 4 is 0 Å². The molecule has 0 aromatic heterocycles. The predicted octanol–water partition coefficient (Wildman–Crippen LogP) is 3.56. The summed E-state index contributed by atoms with van der Waals surface area (Å²) >= 11 is 0. The highest BCUT2D eigenvalue weighted by molar-refractivity contribution is 5.23. The average molecular weight is 231 g/mol. The molecule has 0 spiro atoms. The molecule has 1 aliphatic rings. The Kier molecular flexibility index (Phi) is 3.88. The first-order chi connectivity index (χ1) is 8.14. The quantitative estimate of drug-likeness (QED) is 0.789. The van der Waals surface area contributed by atoms with Crippen LogP contribution in [-0.4, -0.2) is 13.1 Å². The Bertz CT molecular complexity index is 350. The van der Waals surface area contributed by atoms with Crippen molar-refractivity contribution in [3.63, 3.8) is 0 Å². The minimum atomic E-state index is 0.450. The topological polar surface area (TPSA) is 12.0 Å². The van der Waals surface area contributed by atoms with E-state index in [9.17, 15) is 0 Å². The van der Waals surface area contributed by atoms with E-state index in [1.165, 1.54) is 30.4 Å². The average Bonchev–Trinajstić information content (AvgIpc) is 3.14. The van der Waals surface area contributed by atoms with Gasteiger partial charge < -0.3 is 5.32 Å². The molecule has 1 saturated carbocycles. The molecule has 0 amide bonds. The van der Waals surface area contributed by atoms with Gasteiger partial charge in [-0.3, -0.25) is 0 Å². The second-order valence-electron chi connectivity index (χ2n) is 5.87. The van der Waals surface area contributed by atoms with Crippen molar-refractivity contribution in [3.05, 3.63) is 35.4 Å². The molecule has 1 fully saturated rings. The molecule has 1 aromatic rings. The van der Waals surface area contributed by atoms with Crippen LogP contribution in [0.4, 0.5) is 0 Å². The second-order valence-corrected chi connectivity index (χ2v) is 5.87. The standard InChI is InChI=1S/C16H25N/c1-4-17-12-16(3,15-9-10-15)11-14-7-5-13(2)6-8-14/h5-8,15,17H,4,9-12H2,1-3H3. The van der Waals surface area contributed by atoms with Gasteiger partial charge in [-0.05, 0) is 49.6 Å². The van der Waals surface area contributed by atoms with Gasteiger partial charge in [0.1, 0.15) is 0 Å². The van der Waals surface area contributed by atoms with Crippen molar-refractivity contribution in [2.24, 2.45) is 11.3 Å². The summed E-state index contributed by atoms with van der Waals surface area (Å²) in [7, 11) is 0. The Labute approximate surface area is 106 Å². The molecular weight excluding hydrogens is 206 g/mol. The molecule has 0 saturated heterocycles. The van der Waals surface area contributed by atoms with Crippen LogP contribution in [0.15, 0.2) is 24.3 Å². The number of hydrogen-bond donors (Lipinski definition) is 1. The molecule has 1 N–H and O–H groups in total. The molecular formula is C16H25N. The largest absolute Gasteiger partial charge is 0.316 e. The second kappa shape index (κ2) is 5.22. The molecule has 1 aromatic carbocycles. The predicted molar refractivity (Wildman–Crippen MR) is 74.3 cm³/mol. The van der Waals surface area contributed by atoms with Gasteiger partial charge in [-0.25, -0.2) is 0 Å². The van der Waals surface area contributed by atoms with Crippen LogP contribution in [0.2, 0.25) is 0 Å². The van der Waals surface area contributed by atoms with Gasteiger partial charge in [0.15, 0.2) is 0 Å². The third kappa shape index (κ3) is 3.32. The maximum absolute atomic E-state index is 3.54. The molecule has 0 aliphatic heterocycles. The molecule has 0 heterocycles. The van der Waals surface area contributed by atoms with Crippen LogP contribution >= 0.6 is 0 Å². The van der Waals surface area contributed by atoms with Crippen molar-refractivity contribution in [2.45, 2.75) is 40.0 Å². The SMILES string of the molecule is CCNCC(C)(Cc1ccc(C)cc1)C1CC1. The summed E-state index contributed by atoms with van der Waals surface area (Å²) in [5.41, 5.74) is 3.29. The van der Waals surface area contributed by atoms with E-state index < -0.39 is 0 Å². The zero-order chi connectivity index (χ0) is 12.3. The lowest BCUT2D eigenvalue weighted by Gasteiger charge is -2.30. The fourth-order valence-electron chi connectivity index (χ4n) is 2.71. The monoisotopic (exact) mass is 231 g/mol. The van der Waals surface area contributed by atoms with Gasteiger partial charge in [0, 0.05) is 6.54 Å². The molecule has 1 aliphatic carbocycles. The first-order valence-electron chi connectivity index (χ1n) is 6.90. The van der Waals surface area contributed by atoms with Crippen LogP contribution in [0.25, 0.3) is 0 Å². The fourth-order valence-corrected chi connectivity index (χ4v) is 2.71. The van der Waals surface area contributed by atoms with Crippen molar-refractivity contribution < 1.29 is 0 Å². The highest BCUT2D eigenvalue weighted by Gasteiger charge is 2.40. The summed E-state index contributed by atoms with van der Waals surface area (Å²) in [5.74, 6) is 0.933. The zero-order valence-electron chi connectivity index (χ0n) is 11.4. The summed E-state index contributed by atoms with van der Waals surface area (Å²) in [6.45, 7) is 9.03. The van der Waals surface area contributed by atoms with Gasteiger partial charge in [0.2, 0.25) is 0 Å². The Morgan fingerprint density at radius 1 is 1.24 bits per heavy atom. The molecule has 2 rings (SSSR count). The lowest BCUT2D eigenvalue weighted by molar-refractivity contribution is 0.258. The van der Waals surface area contributed by atoms with Crippen LogP contribution in [-0.2, 0) is 6.42 Å². The Morgan fingerprint density at radius 2 is 1.88 bits per heavy atom. The highest BCUT2D eigenvalue weighted by atomic mass is 14.9. The third-order valence-corrected chi connectivity index (χ3v) is 4.07. The summed E-state index contributed by atoms with van der Waals surface area (Å²) < 4.78 is 0. The number of aryl methyl sites for hydroxylation is 1. The van der Waals surface area contributed by atoms with Crippen LogP contribution in [0.5, 0.6) is 0 Å². The van der Waals surface area contributed by atoms with Crippen LogP contribution in [0, 0.1) is 18.3 Å². The molecule has 94 valence electrons. The van der Waals surface area contributed by atoms with E-state index in [2.05, 4.69) is 50.4 Å². The molecule has 1 atom stereocenters. The van der Waals surface area contributed by atoms with Crippen LogP contribution < -0.4 is 5.32 Å². The van der Waals surface area contributed by atoms with Gasteiger partial charge >= 0.3 is 0 Å². The smallest absolute Gasteiger partial charge is 0.00109 e. The first-order valence-corrected chi connectivity index (χ1v) is 6.90. The molecule has 1 unspecified atom stereocenters. The number of nitrogens with one attached hydrogen (secondary N) is 1. The van der Waals surface area contributed by atoms with Gasteiger partial charge in [0.25, 0.3) is 0 Å². The molecule has 0 bridgehead atoms. The van der Waals surface area contributed by atoms with Crippen molar-refractivity contribution in [1.29, 1.82) is 0 Å². The lowest BCUT2D eigenvalue weighted by atomic mass is 9.78. The van der Waals surface area contributed by atoms with Crippen molar-refractivity contribution in [2.75, 3.05) is 13.1 Å². The van der Waals surface area contributed by atoms with E-state index in [4.69, 9.17) is 0 Å². The summed E-state index contributed by atoms with van der Waals surface area (Å²) in [6, 6.07) is 9.05. The fraction of sp³-hybridized carbons (Fsp3) is 0.625. The minimum absolute atomic E-state index is 0.450. The van der Waals surface area contributed by atoms with E-state index in [1.54, 1.807) is 0 Å². The normalized spacial score (nSPS) is 19.0. The molecule has 1 heteroatoms. The highest BCUT2D eigenvalue weighted by Crippen LogP contribution is 2.47. The van der Waals surface area contributed by atoms with Crippen LogP contribution in [0.1, 0.15) is 37.8 Å². The zero-order valence-corrected chi connectivity index (χ0v) is 11.4. The van der Waals surface area contributed by atoms with E-state index in [0.717, 1.165) is 19.0 Å². The van der Waals surface area contributed by atoms with Gasteiger partial charge in [-0.1, -0.05) is 43.7 Å². The van der Waals surface area contributed by atoms with Crippen LogP contribution in [0.3, 0.4) is 0 Å². The summed E-state index contributed by atoms with van der Waals surface area (Å²) in [6.07, 6.45) is 4.06. The lowest BCUT2D eigenvalue weighted by Crippen LogP contribution is -2.35. The molecule has 1 nitrogen and oxygen atoms in total. The Morgan fingerprint density at radius 3 is 2.41 bits per heavy atom. The number of benzene rings is 1. The van der Waals surface area contributed by atoms with E-state index in [1.807, 2.05) is 0 Å².